The van der Waals surface area contributed by atoms with Gasteiger partial charge in [-0.25, -0.2) is 0 Å². The maximum Gasteiger partial charge on any atom is 0.398 e. The molecule has 0 atom stereocenters. The van der Waals surface area contributed by atoms with E-state index in [2.05, 4.69) is 15.5 Å². The normalized spacial score (nSPS) is 11.5. The number of anilines is 1. The topological polar surface area (TPSA) is 59.8 Å². The third-order valence-corrected chi connectivity index (χ3v) is 6.08. The summed E-state index contributed by atoms with van der Waals surface area (Å²) in [4.78, 5) is 12.8. The number of alkyl halides is 3. The maximum absolute atomic E-state index is 12.5. The predicted molar refractivity (Wildman–Crippen MR) is 113 cm³/mol. The van der Waals surface area contributed by atoms with E-state index in [9.17, 15) is 18.0 Å². The summed E-state index contributed by atoms with van der Waals surface area (Å²) in [7, 11) is 0. The Balaban J connectivity index is 1.61. The Morgan fingerprint density at radius 1 is 1.03 bits per heavy atom. The number of halogens is 3. The molecule has 2 aromatic carbocycles. The standard InChI is InChI=1S/C20H19F3N4OS2/c1-14-25-26-19(27(14)11-15-7-3-2-4-8-15)29-12-18(28)24-16-9-5-6-10-17(16)30-13-20(21,22)23/h2-10H,11-13H2,1H3,(H,24,28). The molecule has 3 aromatic rings. The van der Waals surface area contributed by atoms with Gasteiger partial charge in [-0.05, 0) is 24.6 Å². The lowest BCUT2D eigenvalue weighted by atomic mass is 10.2. The van der Waals surface area contributed by atoms with Crippen molar-refractivity contribution in [1.29, 1.82) is 0 Å². The fraction of sp³-hybridized carbons (Fsp3) is 0.250. The van der Waals surface area contributed by atoms with Crippen molar-refractivity contribution in [3.63, 3.8) is 0 Å². The van der Waals surface area contributed by atoms with Gasteiger partial charge >= 0.3 is 6.18 Å². The molecule has 30 heavy (non-hydrogen) atoms. The van der Waals surface area contributed by atoms with Crippen LogP contribution >= 0.6 is 23.5 Å². The van der Waals surface area contributed by atoms with Crippen molar-refractivity contribution in [1.82, 2.24) is 14.8 Å². The second-order valence-electron chi connectivity index (χ2n) is 6.34. The molecular formula is C20H19F3N4OS2. The third-order valence-electron chi connectivity index (χ3n) is 3.97. The number of carbonyl (C=O) groups excluding carboxylic acids is 1. The van der Waals surface area contributed by atoms with Gasteiger partial charge in [0.2, 0.25) is 5.91 Å². The molecule has 5 nitrogen and oxygen atoms in total. The summed E-state index contributed by atoms with van der Waals surface area (Å²) in [5.74, 6) is -0.551. The molecule has 3 rings (SSSR count). The van der Waals surface area contributed by atoms with Crippen LogP contribution in [0.15, 0.2) is 64.6 Å². The largest absolute Gasteiger partial charge is 0.398 e. The van der Waals surface area contributed by atoms with E-state index in [0.717, 1.165) is 11.4 Å². The third kappa shape index (κ3) is 6.53. The SMILES string of the molecule is Cc1nnc(SCC(=O)Nc2ccccc2SCC(F)(F)F)n1Cc1ccccc1. The number of carbonyl (C=O) groups is 1. The number of nitrogens with zero attached hydrogens (tertiary/aromatic N) is 3. The van der Waals surface area contributed by atoms with Crippen LogP contribution in [0.1, 0.15) is 11.4 Å². The van der Waals surface area contributed by atoms with Crippen molar-refractivity contribution in [3.05, 3.63) is 66.0 Å². The molecule has 0 unspecified atom stereocenters. The first-order valence-corrected chi connectivity index (χ1v) is 10.9. The van der Waals surface area contributed by atoms with E-state index in [4.69, 9.17) is 0 Å². The van der Waals surface area contributed by atoms with Crippen LogP contribution in [0.5, 0.6) is 0 Å². The minimum absolute atomic E-state index is 0.0607. The molecule has 1 amide bonds. The number of hydrogen-bond donors (Lipinski definition) is 1. The van der Waals surface area contributed by atoms with E-state index >= 15 is 0 Å². The highest BCUT2D eigenvalue weighted by atomic mass is 32.2. The first-order chi connectivity index (χ1) is 14.3. The lowest BCUT2D eigenvalue weighted by Crippen LogP contribution is -2.16. The predicted octanol–water partition coefficient (Wildman–Crippen LogP) is 5.02. The Bertz CT molecular complexity index is 993. The van der Waals surface area contributed by atoms with Gasteiger partial charge < -0.3 is 9.88 Å². The highest BCUT2D eigenvalue weighted by Crippen LogP contribution is 2.32. The number of thioether (sulfide) groups is 2. The summed E-state index contributed by atoms with van der Waals surface area (Å²) < 4.78 is 39.5. The van der Waals surface area contributed by atoms with Crippen LogP contribution in [0.25, 0.3) is 0 Å². The van der Waals surface area contributed by atoms with Crippen molar-refractivity contribution in [3.8, 4) is 0 Å². The number of aryl methyl sites for hydroxylation is 1. The summed E-state index contributed by atoms with van der Waals surface area (Å²) in [5.41, 5.74) is 1.45. The summed E-state index contributed by atoms with van der Waals surface area (Å²) in [6, 6.07) is 16.3. The van der Waals surface area contributed by atoms with E-state index in [1.807, 2.05) is 41.8 Å². The zero-order valence-electron chi connectivity index (χ0n) is 16.0. The Hall–Kier alpha value is -2.46. The van der Waals surface area contributed by atoms with Gasteiger partial charge in [0, 0.05) is 4.90 Å². The van der Waals surface area contributed by atoms with E-state index in [1.165, 1.54) is 11.8 Å². The van der Waals surface area contributed by atoms with Crippen LogP contribution in [-0.2, 0) is 11.3 Å². The zero-order valence-corrected chi connectivity index (χ0v) is 17.7. The van der Waals surface area contributed by atoms with Crippen LogP contribution in [0, 0.1) is 6.92 Å². The Labute approximate surface area is 180 Å². The lowest BCUT2D eigenvalue weighted by molar-refractivity contribution is -0.113. The van der Waals surface area contributed by atoms with Gasteiger partial charge in [-0.3, -0.25) is 4.79 Å². The minimum Gasteiger partial charge on any atom is -0.324 e. The summed E-state index contributed by atoms with van der Waals surface area (Å²) in [6.45, 7) is 2.43. The average Bonchev–Trinajstić information content (AvgIpc) is 3.05. The fourth-order valence-corrected chi connectivity index (χ4v) is 4.14. The molecule has 1 heterocycles. The quantitative estimate of drug-likeness (QED) is 0.487. The summed E-state index contributed by atoms with van der Waals surface area (Å²) in [5, 5.41) is 11.5. The van der Waals surface area contributed by atoms with Crippen molar-refractivity contribution < 1.29 is 18.0 Å². The van der Waals surface area contributed by atoms with Crippen LogP contribution in [-0.4, -0.2) is 38.4 Å². The first-order valence-electron chi connectivity index (χ1n) is 8.97. The monoisotopic (exact) mass is 452 g/mol. The van der Waals surface area contributed by atoms with Crippen molar-refractivity contribution in [2.75, 3.05) is 16.8 Å². The van der Waals surface area contributed by atoms with Gasteiger partial charge in [-0.1, -0.05) is 54.2 Å². The van der Waals surface area contributed by atoms with Gasteiger partial charge in [-0.15, -0.1) is 22.0 Å². The highest BCUT2D eigenvalue weighted by Gasteiger charge is 2.27. The number of aromatic nitrogens is 3. The number of benzene rings is 2. The molecule has 1 N–H and O–H groups in total. The van der Waals surface area contributed by atoms with Gasteiger partial charge in [-0.2, -0.15) is 13.2 Å². The van der Waals surface area contributed by atoms with E-state index in [-0.39, 0.29) is 11.7 Å². The molecule has 0 saturated carbocycles. The van der Waals surface area contributed by atoms with Crippen molar-refractivity contribution >= 4 is 35.1 Å². The molecular weight excluding hydrogens is 433 g/mol. The molecule has 1 aromatic heterocycles. The van der Waals surface area contributed by atoms with Crippen LogP contribution < -0.4 is 5.32 Å². The Kier molecular flexibility index (Phi) is 7.43. The van der Waals surface area contributed by atoms with E-state index in [0.29, 0.717) is 34.0 Å². The van der Waals surface area contributed by atoms with Crippen molar-refractivity contribution in [2.24, 2.45) is 0 Å². The number of hydrogen-bond acceptors (Lipinski definition) is 5. The zero-order chi connectivity index (χ0) is 21.6. The number of nitrogens with one attached hydrogen (secondary N) is 1. The minimum atomic E-state index is -4.28. The summed E-state index contributed by atoms with van der Waals surface area (Å²) in [6.07, 6.45) is -4.28. The van der Waals surface area contributed by atoms with Crippen LogP contribution in [0.3, 0.4) is 0 Å². The molecule has 0 spiro atoms. The number of para-hydroxylation sites is 1. The number of amides is 1. The molecule has 0 bridgehead atoms. The molecule has 0 fully saturated rings. The average molecular weight is 453 g/mol. The molecule has 0 aliphatic rings. The second kappa shape index (κ2) is 10.0. The Morgan fingerprint density at radius 3 is 2.47 bits per heavy atom. The lowest BCUT2D eigenvalue weighted by Gasteiger charge is -2.12. The van der Waals surface area contributed by atoms with Crippen LogP contribution in [0.2, 0.25) is 0 Å². The first kappa shape index (κ1) is 22.2. The Morgan fingerprint density at radius 2 is 1.73 bits per heavy atom. The molecule has 10 heteroatoms. The maximum atomic E-state index is 12.5. The van der Waals surface area contributed by atoms with Gasteiger partial charge in [0.05, 0.1) is 23.7 Å². The summed E-state index contributed by atoms with van der Waals surface area (Å²) >= 11 is 1.87. The second-order valence-corrected chi connectivity index (χ2v) is 8.30. The molecule has 0 radical (unpaired) electrons. The van der Waals surface area contributed by atoms with Gasteiger partial charge in [0.15, 0.2) is 5.16 Å². The molecule has 0 saturated heterocycles. The molecule has 0 aliphatic heterocycles. The van der Waals surface area contributed by atoms with E-state index in [1.54, 1.807) is 24.3 Å². The molecule has 0 aliphatic carbocycles. The van der Waals surface area contributed by atoms with Crippen molar-refractivity contribution in [2.45, 2.75) is 29.7 Å². The molecule has 158 valence electrons. The smallest absolute Gasteiger partial charge is 0.324 e. The van der Waals surface area contributed by atoms with Gasteiger partial charge in [0.25, 0.3) is 0 Å². The number of rotatable bonds is 8. The fourth-order valence-electron chi connectivity index (χ4n) is 2.59. The van der Waals surface area contributed by atoms with Crippen LogP contribution in [0.4, 0.5) is 18.9 Å². The van der Waals surface area contributed by atoms with Gasteiger partial charge in [0.1, 0.15) is 5.82 Å². The highest BCUT2D eigenvalue weighted by molar-refractivity contribution is 8.00. The van der Waals surface area contributed by atoms with E-state index < -0.39 is 11.9 Å².